The SMILES string of the molecule is CC1(C)CC(=O)c2sc(NC(=O)c3c(O)c(Cl)cc(Cl)c3Cl)nc2C1. The van der Waals surface area contributed by atoms with Crippen molar-refractivity contribution in [3.05, 3.63) is 37.3 Å². The Morgan fingerprint density at radius 3 is 2.64 bits per heavy atom. The van der Waals surface area contributed by atoms with Crippen molar-refractivity contribution < 1.29 is 14.7 Å². The molecule has 9 heteroatoms. The second kappa shape index (κ2) is 6.43. The second-order valence-corrected chi connectivity index (χ2v) is 8.76. The number of amides is 1. The Bertz CT molecular complexity index is 882. The molecule has 0 saturated carbocycles. The van der Waals surface area contributed by atoms with Crippen molar-refractivity contribution in [2.24, 2.45) is 5.41 Å². The van der Waals surface area contributed by atoms with Crippen LogP contribution in [0.2, 0.25) is 15.1 Å². The predicted octanol–water partition coefficient (Wildman–Crippen LogP) is 5.22. The highest BCUT2D eigenvalue weighted by Crippen LogP contribution is 2.40. The number of hydrogen-bond donors (Lipinski definition) is 2. The minimum Gasteiger partial charge on any atom is -0.505 e. The van der Waals surface area contributed by atoms with E-state index in [0.717, 1.165) is 11.3 Å². The average molecular weight is 420 g/mol. The third-order valence-electron chi connectivity index (χ3n) is 3.83. The first-order valence-electron chi connectivity index (χ1n) is 7.30. The van der Waals surface area contributed by atoms with E-state index in [1.54, 1.807) is 0 Å². The van der Waals surface area contributed by atoms with Gasteiger partial charge in [-0.05, 0) is 17.9 Å². The zero-order chi connectivity index (χ0) is 18.5. The third-order valence-corrected chi connectivity index (χ3v) is 5.96. The van der Waals surface area contributed by atoms with E-state index < -0.39 is 11.7 Å². The van der Waals surface area contributed by atoms with Crippen LogP contribution in [0.3, 0.4) is 0 Å². The molecule has 25 heavy (non-hydrogen) atoms. The molecule has 1 heterocycles. The van der Waals surface area contributed by atoms with Crippen LogP contribution in [0.1, 0.15) is 46.0 Å². The van der Waals surface area contributed by atoms with E-state index in [4.69, 9.17) is 34.8 Å². The topological polar surface area (TPSA) is 79.3 Å². The first-order valence-corrected chi connectivity index (χ1v) is 9.25. The fraction of sp³-hybridized carbons (Fsp3) is 0.312. The highest BCUT2D eigenvalue weighted by atomic mass is 35.5. The smallest absolute Gasteiger partial charge is 0.262 e. The van der Waals surface area contributed by atoms with Gasteiger partial charge in [-0.3, -0.25) is 14.9 Å². The van der Waals surface area contributed by atoms with Crippen molar-refractivity contribution in [1.82, 2.24) is 4.98 Å². The molecule has 1 aromatic heterocycles. The summed E-state index contributed by atoms with van der Waals surface area (Å²) in [5, 5.41) is 12.7. The zero-order valence-corrected chi connectivity index (χ0v) is 16.3. The number of fused-ring (bicyclic) bond motifs is 1. The Hall–Kier alpha value is -1.34. The number of aromatic hydroxyl groups is 1. The highest BCUT2D eigenvalue weighted by molar-refractivity contribution is 7.17. The number of phenolic OH excluding ortho intramolecular Hbond substituents is 1. The first-order chi connectivity index (χ1) is 11.6. The summed E-state index contributed by atoms with van der Waals surface area (Å²) < 4.78 is 0. The van der Waals surface area contributed by atoms with Crippen LogP contribution in [0, 0.1) is 5.41 Å². The number of halogens is 3. The molecular formula is C16H13Cl3N2O3S. The number of benzene rings is 1. The number of rotatable bonds is 2. The van der Waals surface area contributed by atoms with Crippen LogP contribution in [-0.2, 0) is 6.42 Å². The zero-order valence-electron chi connectivity index (χ0n) is 13.2. The monoisotopic (exact) mass is 418 g/mol. The molecule has 1 aliphatic rings. The lowest BCUT2D eigenvalue weighted by Gasteiger charge is -2.26. The Labute approximate surface area is 162 Å². The fourth-order valence-corrected chi connectivity index (χ4v) is 4.33. The standard InChI is InChI=1S/C16H13Cl3N2O3S/c1-16(2)4-8-13(9(22)5-16)25-15(20-8)21-14(24)10-11(19)6(17)3-7(18)12(10)23/h3,23H,4-5H2,1-2H3,(H,20,21,24). The molecule has 1 aromatic carbocycles. The van der Waals surface area contributed by atoms with Crippen LogP contribution in [-0.4, -0.2) is 21.8 Å². The van der Waals surface area contributed by atoms with Gasteiger partial charge >= 0.3 is 0 Å². The van der Waals surface area contributed by atoms with Crippen LogP contribution in [0.25, 0.3) is 0 Å². The van der Waals surface area contributed by atoms with Crippen LogP contribution in [0.4, 0.5) is 5.13 Å². The first kappa shape index (κ1) is 18.5. The molecule has 2 N–H and O–H groups in total. The molecule has 1 aliphatic carbocycles. The number of aromatic nitrogens is 1. The van der Waals surface area contributed by atoms with E-state index >= 15 is 0 Å². The summed E-state index contributed by atoms with van der Waals surface area (Å²) in [4.78, 5) is 29.6. The molecular weight excluding hydrogens is 407 g/mol. The van der Waals surface area contributed by atoms with Gasteiger partial charge in [-0.2, -0.15) is 0 Å². The maximum atomic E-state index is 12.5. The normalized spacial score (nSPS) is 15.8. The van der Waals surface area contributed by atoms with Gasteiger partial charge in [-0.25, -0.2) is 4.98 Å². The summed E-state index contributed by atoms with van der Waals surface area (Å²) in [7, 11) is 0. The van der Waals surface area contributed by atoms with Gasteiger partial charge < -0.3 is 5.11 Å². The third kappa shape index (κ3) is 3.49. The molecule has 2 aromatic rings. The number of carbonyl (C=O) groups excluding carboxylic acids is 2. The molecule has 0 unspecified atom stereocenters. The van der Waals surface area contributed by atoms with Crippen LogP contribution in [0.15, 0.2) is 6.07 Å². The summed E-state index contributed by atoms with van der Waals surface area (Å²) in [5.74, 6) is -1.16. The molecule has 0 atom stereocenters. The molecule has 0 aliphatic heterocycles. The van der Waals surface area contributed by atoms with Crippen LogP contribution < -0.4 is 5.32 Å². The van der Waals surface area contributed by atoms with Gasteiger partial charge in [0.05, 0.1) is 25.6 Å². The number of ketones is 1. The van der Waals surface area contributed by atoms with E-state index in [1.165, 1.54) is 6.07 Å². The van der Waals surface area contributed by atoms with Crippen molar-refractivity contribution in [2.75, 3.05) is 5.32 Å². The van der Waals surface area contributed by atoms with Gasteiger partial charge in [-0.1, -0.05) is 60.0 Å². The Balaban J connectivity index is 1.93. The van der Waals surface area contributed by atoms with Crippen molar-refractivity contribution >= 4 is 63.0 Å². The van der Waals surface area contributed by atoms with Gasteiger partial charge in [-0.15, -0.1) is 0 Å². The second-order valence-electron chi connectivity index (χ2n) is 6.57. The summed E-state index contributed by atoms with van der Waals surface area (Å²) in [6.45, 7) is 3.99. The summed E-state index contributed by atoms with van der Waals surface area (Å²) in [6, 6.07) is 1.25. The van der Waals surface area contributed by atoms with E-state index in [1.807, 2.05) is 13.8 Å². The molecule has 0 radical (unpaired) electrons. The van der Waals surface area contributed by atoms with Gasteiger partial charge in [0, 0.05) is 6.42 Å². The molecule has 0 bridgehead atoms. The van der Waals surface area contributed by atoms with E-state index in [2.05, 4.69) is 10.3 Å². The quantitative estimate of drug-likeness (QED) is 0.654. The number of hydrogen-bond acceptors (Lipinski definition) is 5. The van der Waals surface area contributed by atoms with Gasteiger partial charge in [0.2, 0.25) is 0 Å². The van der Waals surface area contributed by atoms with Crippen LogP contribution >= 0.6 is 46.1 Å². The van der Waals surface area contributed by atoms with Crippen molar-refractivity contribution in [3.63, 3.8) is 0 Å². The average Bonchev–Trinajstić information content (AvgIpc) is 2.86. The lowest BCUT2D eigenvalue weighted by atomic mass is 9.78. The molecule has 0 fully saturated rings. The number of anilines is 1. The fourth-order valence-electron chi connectivity index (χ4n) is 2.73. The van der Waals surface area contributed by atoms with E-state index in [-0.39, 0.29) is 37.0 Å². The summed E-state index contributed by atoms with van der Waals surface area (Å²) in [5.41, 5.74) is 0.265. The largest absolute Gasteiger partial charge is 0.505 e. The predicted molar refractivity (Wildman–Crippen MR) is 99.6 cm³/mol. The molecule has 5 nitrogen and oxygen atoms in total. The van der Waals surface area contributed by atoms with Crippen LogP contribution in [0.5, 0.6) is 5.75 Å². The lowest BCUT2D eigenvalue weighted by molar-refractivity contribution is 0.0915. The minimum atomic E-state index is -0.704. The highest BCUT2D eigenvalue weighted by Gasteiger charge is 2.34. The molecule has 0 spiro atoms. The van der Waals surface area contributed by atoms with Crippen molar-refractivity contribution in [3.8, 4) is 5.75 Å². The Morgan fingerprint density at radius 2 is 1.96 bits per heavy atom. The van der Waals surface area contributed by atoms with Gasteiger partial charge in [0.1, 0.15) is 11.3 Å². The summed E-state index contributed by atoms with van der Waals surface area (Å²) in [6.07, 6.45) is 1.08. The van der Waals surface area contributed by atoms with Crippen molar-refractivity contribution in [2.45, 2.75) is 26.7 Å². The number of carbonyl (C=O) groups is 2. The molecule has 132 valence electrons. The number of phenols is 1. The van der Waals surface area contributed by atoms with Gasteiger partial charge in [0.15, 0.2) is 10.9 Å². The summed E-state index contributed by atoms with van der Waals surface area (Å²) >= 11 is 18.9. The Kier molecular flexibility index (Phi) is 4.75. The number of Topliss-reactive ketones (excluding diaryl/α,β-unsaturated/α-hetero) is 1. The van der Waals surface area contributed by atoms with E-state index in [0.29, 0.717) is 23.4 Å². The van der Waals surface area contributed by atoms with Crippen molar-refractivity contribution in [1.29, 1.82) is 0 Å². The van der Waals surface area contributed by atoms with Gasteiger partial charge in [0.25, 0.3) is 5.91 Å². The molecule has 0 saturated heterocycles. The maximum Gasteiger partial charge on any atom is 0.262 e. The minimum absolute atomic E-state index is 0.0101. The maximum absolute atomic E-state index is 12.5. The Morgan fingerprint density at radius 1 is 1.28 bits per heavy atom. The number of nitrogens with zero attached hydrogens (tertiary/aromatic N) is 1. The lowest BCUT2D eigenvalue weighted by Crippen LogP contribution is -2.26. The number of nitrogens with one attached hydrogen (secondary N) is 1. The molecule has 3 rings (SSSR count). The van der Waals surface area contributed by atoms with E-state index in [9.17, 15) is 14.7 Å². The molecule has 1 amide bonds. The number of thiazole rings is 1.